The molecule has 3 rings (SSSR count). The Morgan fingerprint density at radius 3 is 2.62 bits per heavy atom. The fourth-order valence-corrected chi connectivity index (χ4v) is 4.16. The number of sulfonamides is 1. The molecule has 0 aliphatic heterocycles. The van der Waals surface area contributed by atoms with E-state index in [1.165, 1.54) is 47.6 Å². The molecule has 0 aliphatic carbocycles. The van der Waals surface area contributed by atoms with Gasteiger partial charge in [-0.25, -0.2) is 8.42 Å². The van der Waals surface area contributed by atoms with Crippen molar-refractivity contribution in [1.82, 2.24) is 24.9 Å². The van der Waals surface area contributed by atoms with Crippen LogP contribution in [0.5, 0.6) is 0 Å². The monoisotopic (exact) mass is 452 g/mol. The van der Waals surface area contributed by atoms with Crippen molar-refractivity contribution in [2.75, 3.05) is 11.6 Å². The Bertz CT molecular complexity index is 1120. The lowest BCUT2D eigenvalue weighted by Gasteiger charge is -2.15. The van der Waals surface area contributed by atoms with Gasteiger partial charge in [-0.15, -0.1) is 5.10 Å². The Kier molecular flexibility index (Phi) is 6.52. The predicted molar refractivity (Wildman–Crippen MR) is 111 cm³/mol. The number of carbonyl (C=O) groups excluding carboxylic acids is 1. The van der Waals surface area contributed by atoms with Crippen LogP contribution in [-0.4, -0.2) is 46.8 Å². The molecule has 2 aromatic carbocycles. The molecule has 0 unspecified atom stereocenters. The largest absolute Gasteiger partial charge is 0.325 e. The minimum atomic E-state index is -3.87. The summed E-state index contributed by atoms with van der Waals surface area (Å²) in [4.78, 5) is 12.5. The van der Waals surface area contributed by atoms with Gasteiger partial charge in [0.1, 0.15) is 0 Å². The summed E-state index contributed by atoms with van der Waals surface area (Å²) in [7, 11) is -3.87. The second-order valence-electron chi connectivity index (χ2n) is 5.91. The van der Waals surface area contributed by atoms with E-state index < -0.39 is 22.0 Å². The summed E-state index contributed by atoms with van der Waals surface area (Å²) in [5.74, 6) is -0.513. The van der Waals surface area contributed by atoms with Gasteiger partial charge >= 0.3 is 0 Å². The van der Waals surface area contributed by atoms with E-state index in [0.29, 0.717) is 21.6 Å². The second kappa shape index (κ2) is 8.91. The third kappa shape index (κ3) is 5.12. The van der Waals surface area contributed by atoms with Crippen LogP contribution in [0.25, 0.3) is 5.69 Å². The quantitative estimate of drug-likeness (QED) is 0.528. The van der Waals surface area contributed by atoms with Crippen LogP contribution in [0, 0.1) is 0 Å². The van der Waals surface area contributed by atoms with Gasteiger partial charge in [-0.3, -0.25) is 4.79 Å². The van der Waals surface area contributed by atoms with E-state index in [4.69, 9.17) is 11.6 Å². The highest BCUT2D eigenvalue weighted by atomic mass is 35.5. The number of rotatable bonds is 7. The third-order valence-electron chi connectivity index (χ3n) is 3.83. The van der Waals surface area contributed by atoms with Crippen molar-refractivity contribution in [3.8, 4) is 5.69 Å². The van der Waals surface area contributed by atoms with E-state index >= 15 is 0 Å². The lowest BCUT2D eigenvalue weighted by atomic mass is 10.2. The molecule has 2 N–H and O–H groups in total. The van der Waals surface area contributed by atoms with Crippen LogP contribution in [0.4, 0.5) is 5.69 Å². The molecule has 1 amide bonds. The highest BCUT2D eigenvalue weighted by molar-refractivity contribution is 7.98. The fraction of sp³-hybridized carbons (Fsp3) is 0.176. The van der Waals surface area contributed by atoms with Crippen LogP contribution < -0.4 is 10.0 Å². The van der Waals surface area contributed by atoms with E-state index in [1.807, 2.05) is 6.26 Å². The molecule has 1 atom stereocenters. The number of carbonyl (C=O) groups is 1. The smallest absolute Gasteiger partial charge is 0.242 e. The van der Waals surface area contributed by atoms with Crippen molar-refractivity contribution >= 4 is 45.0 Å². The minimum absolute atomic E-state index is 0.0202. The molecule has 0 spiro atoms. The molecule has 29 heavy (non-hydrogen) atoms. The third-order valence-corrected chi connectivity index (χ3v) is 6.26. The fourth-order valence-electron chi connectivity index (χ4n) is 2.40. The molecule has 12 heteroatoms. The predicted octanol–water partition coefficient (Wildman–Crippen LogP) is 2.34. The number of amides is 1. The van der Waals surface area contributed by atoms with Crippen LogP contribution in [0.2, 0.25) is 5.02 Å². The molecule has 0 bridgehead atoms. The number of tetrazole rings is 1. The SMILES string of the molecule is CSc1nnnn1-c1cccc(NC(=O)[C@H](C)NS(=O)(=O)c2ccc(Cl)cc2)c1. The molecule has 0 saturated heterocycles. The standard InChI is InChI=1S/C17H17ClN6O3S2/c1-11(21-29(26,27)15-8-6-12(18)7-9-15)16(25)19-13-4-3-5-14(10-13)24-17(28-2)20-22-23-24/h3-11,21H,1-2H3,(H,19,25)/t11-/m0/s1. The molecule has 152 valence electrons. The van der Waals surface area contributed by atoms with E-state index in [-0.39, 0.29) is 4.90 Å². The Morgan fingerprint density at radius 2 is 1.93 bits per heavy atom. The molecule has 1 heterocycles. The van der Waals surface area contributed by atoms with Crippen LogP contribution in [-0.2, 0) is 14.8 Å². The second-order valence-corrected chi connectivity index (χ2v) is 8.84. The molecule has 0 radical (unpaired) electrons. The first-order chi connectivity index (χ1) is 13.8. The van der Waals surface area contributed by atoms with E-state index in [2.05, 4.69) is 25.6 Å². The van der Waals surface area contributed by atoms with E-state index in [9.17, 15) is 13.2 Å². The number of anilines is 1. The maximum atomic E-state index is 12.5. The van der Waals surface area contributed by atoms with Crippen LogP contribution >= 0.6 is 23.4 Å². The lowest BCUT2D eigenvalue weighted by molar-refractivity contribution is -0.117. The number of hydrogen-bond donors (Lipinski definition) is 2. The van der Waals surface area contributed by atoms with Crippen molar-refractivity contribution in [1.29, 1.82) is 0 Å². The highest BCUT2D eigenvalue weighted by Gasteiger charge is 2.22. The summed E-state index contributed by atoms with van der Waals surface area (Å²) >= 11 is 7.16. The number of nitrogens with zero attached hydrogens (tertiary/aromatic N) is 4. The summed E-state index contributed by atoms with van der Waals surface area (Å²) in [6, 6.07) is 11.6. The number of benzene rings is 2. The van der Waals surface area contributed by atoms with Crippen molar-refractivity contribution < 1.29 is 13.2 Å². The number of halogens is 1. The zero-order valence-corrected chi connectivity index (χ0v) is 17.8. The molecule has 0 fully saturated rings. The number of hydrogen-bond acceptors (Lipinski definition) is 7. The van der Waals surface area contributed by atoms with Crippen LogP contribution in [0.15, 0.2) is 58.6 Å². The van der Waals surface area contributed by atoms with Gasteiger partial charge in [-0.05, 0) is 66.1 Å². The Morgan fingerprint density at radius 1 is 1.21 bits per heavy atom. The first-order valence-electron chi connectivity index (χ1n) is 8.32. The normalized spacial score (nSPS) is 12.5. The average molecular weight is 453 g/mol. The molecule has 3 aromatic rings. The maximum Gasteiger partial charge on any atom is 0.242 e. The lowest BCUT2D eigenvalue weighted by Crippen LogP contribution is -2.41. The van der Waals surface area contributed by atoms with Gasteiger partial charge in [0.2, 0.25) is 21.1 Å². The number of thioether (sulfide) groups is 1. The van der Waals surface area contributed by atoms with Gasteiger partial charge in [0, 0.05) is 10.7 Å². The average Bonchev–Trinajstić information content (AvgIpc) is 3.17. The zero-order chi connectivity index (χ0) is 21.0. The summed E-state index contributed by atoms with van der Waals surface area (Å²) in [6.45, 7) is 1.46. The van der Waals surface area contributed by atoms with E-state index in [1.54, 1.807) is 24.3 Å². The highest BCUT2D eigenvalue weighted by Crippen LogP contribution is 2.19. The Hall–Kier alpha value is -2.47. The minimum Gasteiger partial charge on any atom is -0.325 e. The Balaban J connectivity index is 1.71. The van der Waals surface area contributed by atoms with Crippen LogP contribution in [0.3, 0.4) is 0 Å². The topological polar surface area (TPSA) is 119 Å². The summed E-state index contributed by atoms with van der Waals surface area (Å²) in [5, 5.41) is 15.2. The van der Waals surface area contributed by atoms with Crippen molar-refractivity contribution in [3.05, 3.63) is 53.6 Å². The van der Waals surface area contributed by atoms with Gasteiger partial charge in [-0.2, -0.15) is 9.40 Å². The van der Waals surface area contributed by atoms with Gasteiger partial charge in [0.25, 0.3) is 0 Å². The maximum absolute atomic E-state index is 12.5. The van der Waals surface area contributed by atoms with Gasteiger partial charge in [0.05, 0.1) is 16.6 Å². The summed E-state index contributed by atoms with van der Waals surface area (Å²) < 4.78 is 28.7. The van der Waals surface area contributed by atoms with Gasteiger partial charge in [-0.1, -0.05) is 29.4 Å². The first-order valence-corrected chi connectivity index (χ1v) is 11.4. The molecule has 0 aliphatic rings. The number of aromatic nitrogens is 4. The van der Waals surface area contributed by atoms with Crippen molar-refractivity contribution in [2.45, 2.75) is 23.0 Å². The first kappa shape index (κ1) is 21.2. The Labute approximate surface area is 176 Å². The molecule has 1 aromatic heterocycles. The van der Waals surface area contributed by atoms with Crippen molar-refractivity contribution in [2.24, 2.45) is 0 Å². The molecular weight excluding hydrogens is 436 g/mol. The molecular formula is C17H17ClN6O3S2. The van der Waals surface area contributed by atoms with Gasteiger partial charge in [0.15, 0.2) is 0 Å². The molecule has 9 nitrogen and oxygen atoms in total. The van der Waals surface area contributed by atoms with Crippen LogP contribution in [0.1, 0.15) is 6.92 Å². The number of nitrogens with one attached hydrogen (secondary N) is 2. The summed E-state index contributed by atoms with van der Waals surface area (Å²) in [5.41, 5.74) is 1.14. The molecule has 0 saturated carbocycles. The summed E-state index contributed by atoms with van der Waals surface area (Å²) in [6.07, 6.45) is 1.85. The van der Waals surface area contributed by atoms with Gasteiger partial charge < -0.3 is 5.32 Å². The zero-order valence-electron chi connectivity index (χ0n) is 15.4. The van der Waals surface area contributed by atoms with Crippen molar-refractivity contribution in [3.63, 3.8) is 0 Å². The van der Waals surface area contributed by atoms with E-state index in [0.717, 1.165) is 0 Å².